The highest BCUT2D eigenvalue weighted by Gasteiger charge is 2.24. The molecule has 4 rings (SSSR count). The fraction of sp³-hybridized carbons (Fsp3) is 0.217. The number of hydrogen-bond donors (Lipinski definition) is 1. The Morgan fingerprint density at radius 3 is 2.25 bits per heavy atom. The first-order valence-corrected chi connectivity index (χ1v) is 9.50. The molecule has 1 aliphatic heterocycles. The van der Waals surface area contributed by atoms with Crippen LogP contribution in [-0.2, 0) is 0 Å². The largest absolute Gasteiger partial charge is 0.459 e. The smallest absolute Gasteiger partial charge is 0.291 e. The van der Waals surface area contributed by atoms with E-state index in [-0.39, 0.29) is 17.6 Å². The van der Waals surface area contributed by atoms with Crippen molar-refractivity contribution in [1.82, 2.24) is 4.90 Å². The molecular weight excluding hydrogens is 352 g/mol. The van der Waals surface area contributed by atoms with Gasteiger partial charge in [-0.1, -0.05) is 30.3 Å². The highest BCUT2D eigenvalue weighted by molar-refractivity contribution is 6.02. The van der Waals surface area contributed by atoms with Gasteiger partial charge in [0.15, 0.2) is 5.76 Å². The number of amides is 2. The summed E-state index contributed by atoms with van der Waals surface area (Å²) in [7, 11) is 0. The highest BCUT2D eigenvalue weighted by atomic mass is 16.3. The van der Waals surface area contributed by atoms with Gasteiger partial charge >= 0.3 is 0 Å². The summed E-state index contributed by atoms with van der Waals surface area (Å²) < 4.78 is 5.08. The first-order valence-electron chi connectivity index (χ1n) is 9.50. The molecule has 5 nitrogen and oxygen atoms in total. The van der Waals surface area contributed by atoms with E-state index in [0.29, 0.717) is 17.2 Å². The Kier molecular flexibility index (Phi) is 5.24. The van der Waals surface area contributed by atoms with Crippen molar-refractivity contribution in [2.45, 2.75) is 18.8 Å². The number of nitrogens with one attached hydrogen (secondary N) is 1. The van der Waals surface area contributed by atoms with Gasteiger partial charge in [-0.2, -0.15) is 0 Å². The number of likely N-dealkylation sites (tertiary alicyclic amines) is 1. The minimum Gasteiger partial charge on any atom is -0.459 e. The van der Waals surface area contributed by atoms with Gasteiger partial charge in [-0.05, 0) is 60.7 Å². The van der Waals surface area contributed by atoms with E-state index in [0.717, 1.165) is 25.9 Å². The number of carbonyl (C=O) groups excluding carboxylic acids is 2. The zero-order valence-corrected chi connectivity index (χ0v) is 15.5. The predicted molar refractivity (Wildman–Crippen MR) is 107 cm³/mol. The number of benzene rings is 2. The summed E-state index contributed by atoms with van der Waals surface area (Å²) in [6.07, 6.45) is 3.41. The lowest BCUT2D eigenvalue weighted by Crippen LogP contribution is -2.37. The Hall–Kier alpha value is -3.34. The molecule has 0 saturated carbocycles. The summed E-state index contributed by atoms with van der Waals surface area (Å²) in [5, 5.41) is 2.76. The van der Waals surface area contributed by atoms with Crippen LogP contribution in [0.25, 0.3) is 0 Å². The summed E-state index contributed by atoms with van der Waals surface area (Å²) >= 11 is 0. The quantitative estimate of drug-likeness (QED) is 0.729. The third-order valence-electron chi connectivity index (χ3n) is 5.19. The molecule has 1 N–H and O–H groups in total. The molecule has 3 aromatic rings. The minimum absolute atomic E-state index is 0.0374. The van der Waals surface area contributed by atoms with E-state index in [4.69, 9.17) is 4.42 Å². The molecule has 2 aromatic carbocycles. The van der Waals surface area contributed by atoms with Crippen molar-refractivity contribution in [2.75, 3.05) is 18.4 Å². The van der Waals surface area contributed by atoms with Gasteiger partial charge in [-0.3, -0.25) is 9.59 Å². The topological polar surface area (TPSA) is 62.6 Å². The van der Waals surface area contributed by atoms with Crippen LogP contribution in [-0.4, -0.2) is 29.8 Å². The molecule has 0 atom stereocenters. The van der Waals surface area contributed by atoms with Crippen molar-refractivity contribution in [3.8, 4) is 0 Å². The molecule has 1 aromatic heterocycles. The van der Waals surface area contributed by atoms with Crippen LogP contribution in [0.3, 0.4) is 0 Å². The summed E-state index contributed by atoms with van der Waals surface area (Å²) in [5.74, 6) is 0.494. The molecule has 1 fully saturated rings. The molecule has 1 saturated heterocycles. The van der Waals surface area contributed by atoms with Gasteiger partial charge in [0.2, 0.25) is 0 Å². The maximum Gasteiger partial charge on any atom is 0.291 e. The van der Waals surface area contributed by atoms with Gasteiger partial charge in [0.05, 0.1) is 6.26 Å². The third-order valence-corrected chi connectivity index (χ3v) is 5.19. The molecule has 1 aliphatic rings. The van der Waals surface area contributed by atoms with E-state index in [2.05, 4.69) is 29.6 Å². The molecule has 2 amide bonds. The molecule has 0 unspecified atom stereocenters. The van der Waals surface area contributed by atoms with Crippen LogP contribution < -0.4 is 5.32 Å². The zero-order valence-electron chi connectivity index (χ0n) is 15.5. The van der Waals surface area contributed by atoms with Gasteiger partial charge in [0, 0.05) is 24.3 Å². The minimum atomic E-state index is -0.313. The summed E-state index contributed by atoms with van der Waals surface area (Å²) in [4.78, 5) is 26.7. The van der Waals surface area contributed by atoms with Crippen molar-refractivity contribution >= 4 is 17.5 Å². The second-order valence-corrected chi connectivity index (χ2v) is 6.99. The van der Waals surface area contributed by atoms with Crippen LogP contribution in [0, 0.1) is 0 Å². The normalized spacial score (nSPS) is 14.6. The summed E-state index contributed by atoms with van der Waals surface area (Å²) in [6.45, 7) is 1.52. The Bertz CT molecular complexity index is 926. The van der Waals surface area contributed by atoms with Crippen molar-refractivity contribution in [3.05, 3.63) is 89.9 Å². The number of carbonyl (C=O) groups is 2. The average molecular weight is 374 g/mol. The molecule has 0 bridgehead atoms. The summed E-state index contributed by atoms with van der Waals surface area (Å²) in [6, 6.07) is 20.8. The van der Waals surface area contributed by atoms with Gasteiger partial charge in [0.25, 0.3) is 11.8 Å². The standard InChI is InChI=1S/C23H22N2O3/c26-22(21-7-4-16-28-21)24-20-10-8-19(9-11-20)23(27)25-14-12-18(13-15-25)17-5-2-1-3-6-17/h1-11,16,18H,12-15H2,(H,24,26). The predicted octanol–water partition coefficient (Wildman–Crippen LogP) is 4.55. The van der Waals surface area contributed by atoms with E-state index in [1.807, 2.05) is 11.0 Å². The van der Waals surface area contributed by atoms with Crippen LogP contribution in [0.5, 0.6) is 0 Å². The fourth-order valence-electron chi connectivity index (χ4n) is 3.62. The Morgan fingerprint density at radius 2 is 1.61 bits per heavy atom. The molecule has 142 valence electrons. The molecule has 0 radical (unpaired) electrons. The SMILES string of the molecule is O=C(Nc1ccc(C(=O)N2CCC(c3ccccc3)CC2)cc1)c1ccco1. The van der Waals surface area contributed by atoms with E-state index < -0.39 is 0 Å². The first-order chi connectivity index (χ1) is 13.7. The van der Waals surface area contributed by atoms with Crippen LogP contribution in [0.2, 0.25) is 0 Å². The lowest BCUT2D eigenvalue weighted by atomic mass is 9.89. The Balaban J connectivity index is 1.34. The molecule has 5 heteroatoms. The number of nitrogens with zero attached hydrogens (tertiary/aromatic N) is 1. The van der Waals surface area contributed by atoms with E-state index in [1.165, 1.54) is 11.8 Å². The number of furan rings is 1. The number of hydrogen-bond acceptors (Lipinski definition) is 3. The van der Waals surface area contributed by atoms with Crippen molar-refractivity contribution < 1.29 is 14.0 Å². The number of anilines is 1. The zero-order chi connectivity index (χ0) is 19.3. The van der Waals surface area contributed by atoms with Crippen LogP contribution in [0.1, 0.15) is 45.2 Å². The maximum atomic E-state index is 12.8. The van der Waals surface area contributed by atoms with Crippen LogP contribution in [0.15, 0.2) is 77.4 Å². The second kappa shape index (κ2) is 8.13. The molecular formula is C23H22N2O3. The third kappa shape index (κ3) is 3.98. The highest BCUT2D eigenvalue weighted by Crippen LogP contribution is 2.28. The van der Waals surface area contributed by atoms with Gasteiger partial charge < -0.3 is 14.6 Å². The number of rotatable bonds is 4. The fourth-order valence-corrected chi connectivity index (χ4v) is 3.62. The molecule has 28 heavy (non-hydrogen) atoms. The van der Waals surface area contributed by atoms with Crippen molar-refractivity contribution in [3.63, 3.8) is 0 Å². The van der Waals surface area contributed by atoms with Gasteiger partial charge in [0.1, 0.15) is 0 Å². The Morgan fingerprint density at radius 1 is 0.893 bits per heavy atom. The Labute approximate surface area is 164 Å². The maximum absolute atomic E-state index is 12.8. The summed E-state index contributed by atoms with van der Waals surface area (Å²) in [5.41, 5.74) is 2.61. The van der Waals surface area contributed by atoms with Crippen LogP contribution in [0.4, 0.5) is 5.69 Å². The van der Waals surface area contributed by atoms with Crippen molar-refractivity contribution in [1.29, 1.82) is 0 Å². The van der Waals surface area contributed by atoms with Gasteiger partial charge in [-0.25, -0.2) is 0 Å². The van der Waals surface area contributed by atoms with E-state index in [9.17, 15) is 9.59 Å². The van der Waals surface area contributed by atoms with Gasteiger partial charge in [-0.15, -0.1) is 0 Å². The lowest BCUT2D eigenvalue weighted by Gasteiger charge is -2.32. The molecule has 2 heterocycles. The number of piperidine rings is 1. The molecule has 0 spiro atoms. The average Bonchev–Trinajstić information content (AvgIpc) is 3.30. The molecule has 0 aliphatic carbocycles. The van der Waals surface area contributed by atoms with E-state index in [1.54, 1.807) is 36.4 Å². The van der Waals surface area contributed by atoms with Crippen molar-refractivity contribution in [2.24, 2.45) is 0 Å². The van der Waals surface area contributed by atoms with E-state index >= 15 is 0 Å². The monoisotopic (exact) mass is 374 g/mol. The first kappa shape index (κ1) is 18.0. The lowest BCUT2D eigenvalue weighted by molar-refractivity contribution is 0.0713. The van der Waals surface area contributed by atoms with Crippen LogP contribution >= 0.6 is 0 Å². The second-order valence-electron chi connectivity index (χ2n) is 6.99.